The molecular formula is C14H20N2O2S. The zero-order valence-electron chi connectivity index (χ0n) is 11.4. The molecule has 2 atom stereocenters. The first-order chi connectivity index (χ1) is 9.11. The van der Waals surface area contributed by atoms with E-state index in [9.17, 15) is 10.1 Å². The summed E-state index contributed by atoms with van der Waals surface area (Å²) in [4.78, 5) is 10.8. The van der Waals surface area contributed by atoms with Crippen molar-refractivity contribution in [1.82, 2.24) is 0 Å². The van der Waals surface area contributed by atoms with E-state index in [0.29, 0.717) is 17.0 Å². The van der Waals surface area contributed by atoms with Gasteiger partial charge in [0.15, 0.2) is 0 Å². The van der Waals surface area contributed by atoms with E-state index in [0.717, 1.165) is 12.0 Å². The van der Waals surface area contributed by atoms with E-state index in [-0.39, 0.29) is 10.6 Å². The smallest absolute Gasteiger partial charge is 0.292 e. The third kappa shape index (κ3) is 3.41. The summed E-state index contributed by atoms with van der Waals surface area (Å²) >= 11 is 1.86. The van der Waals surface area contributed by atoms with Crippen LogP contribution in [-0.4, -0.2) is 22.5 Å². The first kappa shape index (κ1) is 14.2. The molecule has 1 N–H and O–H groups in total. The third-order valence-corrected chi connectivity index (χ3v) is 4.87. The summed E-state index contributed by atoms with van der Waals surface area (Å²) in [5.74, 6) is 0. The zero-order valence-corrected chi connectivity index (χ0v) is 12.2. The van der Waals surface area contributed by atoms with Gasteiger partial charge in [-0.2, -0.15) is 11.8 Å². The number of anilines is 1. The van der Waals surface area contributed by atoms with Gasteiger partial charge in [-0.15, -0.1) is 0 Å². The SMILES string of the molecule is CSC1CCCCC1Nc1ccc(C)cc1[N+](=O)[O-]. The van der Waals surface area contributed by atoms with Gasteiger partial charge in [-0.3, -0.25) is 10.1 Å². The van der Waals surface area contributed by atoms with E-state index in [4.69, 9.17) is 0 Å². The standard InChI is InChI=1S/C14H20N2O2S/c1-10-7-8-11(13(9-10)16(17)18)15-12-5-3-4-6-14(12)19-2/h7-9,12,14-15H,3-6H2,1-2H3. The fourth-order valence-corrected chi connectivity index (χ4v) is 3.59. The number of hydrogen-bond acceptors (Lipinski definition) is 4. The van der Waals surface area contributed by atoms with Gasteiger partial charge in [0, 0.05) is 17.4 Å². The summed E-state index contributed by atoms with van der Waals surface area (Å²) in [6, 6.07) is 5.73. The largest absolute Gasteiger partial charge is 0.376 e. The molecule has 0 radical (unpaired) electrons. The lowest BCUT2D eigenvalue weighted by Gasteiger charge is -2.31. The Morgan fingerprint density at radius 2 is 2.11 bits per heavy atom. The maximum atomic E-state index is 11.1. The normalized spacial score (nSPS) is 23.1. The van der Waals surface area contributed by atoms with Gasteiger partial charge in [-0.1, -0.05) is 18.9 Å². The molecular weight excluding hydrogens is 260 g/mol. The molecule has 1 saturated carbocycles. The van der Waals surface area contributed by atoms with Gasteiger partial charge < -0.3 is 5.32 Å². The highest BCUT2D eigenvalue weighted by Crippen LogP contribution is 2.32. The van der Waals surface area contributed by atoms with Crippen molar-refractivity contribution < 1.29 is 4.92 Å². The van der Waals surface area contributed by atoms with Crippen LogP contribution in [0.5, 0.6) is 0 Å². The number of rotatable bonds is 4. The first-order valence-electron chi connectivity index (χ1n) is 6.66. The highest BCUT2D eigenvalue weighted by Gasteiger charge is 2.26. The minimum atomic E-state index is -0.299. The Morgan fingerprint density at radius 3 is 2.79 bits per heavy atom. The Bertz CT molecular complexity index is 465. The molecule has 0 spiro atoms. The Labute approximate surface area is 118 Å². The summed E-state index contributed by atoms with van der Waals surface area (Å²) in [6.07, 6.45) is 6.87. The number of nitrogens with zero attached hydrogens (tertiary/aromatic N) is 1. The maximum Gasteiger partial charge on any atom is 0.292 e. The molecule has 0 aliphatic heterocycles. The lowest BCUT2D eigenvalue weighted by molar-refractivity contribution is -0.384. The predicted octanol–water partition coefficient (Wildman–Crippen LogP) is 3.99. The monoisotopic (exact) mass is 280 g/mol. The molecule has 0 bridgehead atoms. The van der Waals surface area contributed by atoms with Crippen molar-refractivity contribution in [2.45, 2.75) is 43.9 Å². The Morgan fingerprint density at radius 1 is 1.37 bits per heavy atom. The molecule has 19 heavy (non-hydrogen) atoms. The van der Waals surface area contributed by atoms with Gasteiger partial charge in [0.05, 0.1) is 4.92 Å². The molecule has 2 rings (SSSR count). The highest BCUT2D eigenvalue weighted by atomic mass is 32.2. The molecule has 2 unspecified atom stereocenters. The number of nitro benzene ring substituents is 1. The number of nitro groups is 1. The van der Waals surface area contributed by atoms with Gasteiger partial charge >= 0.3 is 0 Å². The number of hydrogen-bond donors (Lipinski definition) is 1. The molecule has 104 valence electrons. The van der Waals surface area contributed by atoms with Crippen molar-refractivity contribution in [2.24, 2.45) is 0 Å². The molecule has 1 aromatic rings. The van der Waals surface area contributed by atoms with Crippen LogP contribution in [0.25, 0.3) is 0 Å². The van der Waals surface area contributed by atoms with Gasteiger partial charge in [0.2, 0.25) is 0 Å². The van der Waals surface area contributed by atoms with Crippen molar-refractivity contribution in [3.8, 4) is 0 Å². The number of benzene rings is 1. The minimum absolute atomic E-state index is 0.186. The summed E-state index contributed by atoms with van der Waals surface area (Å²) in [5.41, 5.74) is 1.76. The number of aryl methyl sites for hydroxylation is 1. The second-order valence-electron chi connectivity index (χ2n) is 5.09. The molecule has 0 heterocycles. The third-order valence-electron chi connectivity index (χ3n) is 3.70. The average Bonchev–Trinajstić information content (AvgIpc) is 2.41. The van der Waals surface area contributed by atoms with Crippen LogP contribution in [0.1, 0.15) is 31.2 Å². The van der Waals surface area contributed by atoms with Crippen LogP contribution in [0.15, 0.2) is 18.2 Å². The van der Waals surface area contributed by atoms with Gasteiger partial charge in [0.1, 0.15) is 5.69 Å². The van der Waals surface area contributed by atoms with Crippen LogP contribution in [0.4, 0.5) is 11.4 Å². The van der Waals surface area contributed by atoms with Crippen LogP contribution in [-0.2, 0) is 0 Å². The van der Waals surface area contributed by atoms with Crippen molar-refractivity contribution in [3.05, 3.63) is 33.9 Å². The van der Waals surface area contributed by atoms with E-state index in [1.54, 1.807) is 6.07 Å². The molecule has 5 heteroatoms. The molecule has 0 amide bonds. The molecule has 0 saturated heterocycles. The Kier molecular flexibility index (Phi) is 4.69. The summed E-state index contributed by atoms with van der Waals surface area (Å²) in [7, 11) is 0. The van der Waals surface area contributed by atoms with E-state index in [2.05, 4.69) is 11.6 Å². The van der Waals surface area contributed by atoms with Gasteiger partial charge in [-0.05, 0) is 37.7 Å². The first-order valence-corrected chi connectivity index (χ1v) is 7.95. The topological polar surface area (TPSA) is 55.2 Å². The fourth-order valence-electron chi connectivity index (χ4n) is 2.66. The summed E-state index contributed by atoms with van der Waals surface area (Å²) < 4.78 is 0. The summed E-state index contributed by atoms with van der Waals surface area (Å²) in [6.45, 7) is 1.88. The van der Waals surface area contributed by atoms with Crippen molar-refractivity contribution >= 4 is 23.1 Å². The van der Waals surface area contributed by atoms with Crippen LogP contribution >= 0.6 is 11.8 Å². The summed E-state index contributed by atoms with van der Waals surface area (Å²) in [5, 5.41) is 15.1. The van der Waals surface area contributed by atoms with E-state index < -0.39 is 0 Å². The maximum absolute atomic E-state index is 11.1. The highest BCUT2D eigenvalue weighted by molar-refractivity contribution is 7.99. The molecule has 1 fully saturated rings. The van der Waals surface area contributed by atoms with Crippen LogP contribution in [0.3, 0.4) is 0 Å². The van der Waals surface area contributed by atoms with E-state index in [1.807, 2.05) is 30.8 Å². The minimum Gasteiger partial charge on any atom is -0.376 e. The Balaban J connectivity index is 2.20. The van der Waals surface area contributed by atoms with Crippen molar-refractivity contribution in [1.29, 1.82) is 0 Å². The molecule has 0 aromatic heterocycles. The predicted molar refractivity (Wildman–Crippen MR) is 81.0 cm³/mol. The van der Waals surface area contributed by atoms with E-state index >= 15 is 0 Å². The molecule has 4 nitrogen and oxygen atoms in total. The molecule has 1 aliphatic rings. The zero-order chi connectivity index (χ0) is 13.8. The van der Waals surface area contributed by atoms with Crippen LogP contribution in [0.2, 0.25) is 0 Å². The average molecular weight is 280 g/mol. The van der Waals surface area contributed by atoms with E-state index in [1.165, 1.54) is 19.3 Å². The van der Waals surface area contributed by atoms with Crippen molar-refractivity contribution in [2.75, 3.05) is 11.6 Å². The second-order valence-corrected chi connectivity index (χ2v) is 6.16. The second kappa shape index (κ2) is 6.28. The molecule has 1 aromatic carbocycles. The van der Waals surface area contributed by atoms with Crippen LogP contribution < -0.4 is 5.32 Å². The van der Waals surface area contributed by atoms with Crippen LogP contribution in [0, 0.1) is 17.0 Å². The van der Waals surface area contributed by atoms with Gasteiger partial charge in [0.25, 0.3) is 5.69 Å². The fraction of sp³-hybridized carbons (Fsp3) is 0.571. The number of thioether (sulfide) groups is 1. The molecule has 1 aliphatic carbocycles. The van der Waals surface area contributed by atoms with Gasteiger partial charge in [-0.25, -0.2) is 0 Å². The Hall–Kier alpha value is -1.23. The lowest BCUT2D eigenvalue weighted by atomic mass is 9.94. The quantitative estimate of drug-likeness (QED) is 0.669. The number of nitrogens with one attached hydrogen (secondary N) is 1. The van der Waals surface area contributed by atoms with Crippen molar-refractivity contribution in [3.63, 3.8) is 0 Å². The lowest BCUT2D eigenvalue weighted by Crippen LogP contribution is -2.34.